The fourth-order valence-corrected chi connectivity index (χ4v) is 4.40. The van der Waals surface area contributed by atoms with Gasteiger partial charge in [-0.1, -0.05) is 53.2 Å². The standard InChI is InChI=1S/C23H17Cl2N3O3S/c1-31-15-11-9-14(10-12-15)28-22(30)16-5-2-3-8-19(16)26-23(28)32-13-20(29)27-21-17(24)6-4-7-18(21)25/h2-12H,13H2,1H3,(H,27,29). The Hall–Kier alpha value is -3.00. The maximum absolute atomic E-state index is 13.3. The van der Waals surface area contributed by atoms with Crippen molar-refractivity contribution in [2.45, 2.75) is 5.16 Å². The first-order valence-electron chi connectivity index (χ1n) is 9.51. The number of amides is 1. The van der Waals surface area contributed by atoms with Crippen molar-refractivity contribution < 1.29 is 9.53 Å². The lowest BCUT2D eigenvalue weighted by Crippen LogP contribution is -2.23. The first kappa shape index (κ1) is 22.2. The average Bonchev–Trinajstić information content (AvgIpc) is 2.80. The molecule has 32 heavy (non-hydrogen) atoms. The molecule has 0 saturated carbocycles. The highest BCUT2D eigenvalue weighted by Gasteiger charge is 2.16. The maximum Gasteiger partial charge on any atom is 0.266 e. The van der Waals surface area contributed by atoms with Gasteiger partial charge in [0.25, 0.3) is 5.56 Å². The van der Waals surface area contributed by atoms with Gasteiger partial charge in [-0.15, -0.1) is 0 Å². The summed E-state index contributed by atoms with van der Waals surface area (Å²) in [5.41, 5.74) is 1.30. The van der Waals surface area contributed by atoms with Gasteiger partial charge in [0.15, 0.2) is 5.16 Å². The van der Waals surface area contributed by atoms with E-state index in [9.17, 15) is 9.59 Å². The Labute approximate surface area is 198 Å². The van der Waals surface area contributed by atoms with E-state index in [1.807, 2.05) is 6.07 Å². The van der Waals surface area contributed by atoms with Crippen LogP contribution in [-0.2, 0) is 4.79 Å². The topological polar surface area (TPSA) is 73.2 Å². The van der Waals surface area contributed by atoms with E-state index in [4.69, 9.17) is 27.9 Å². The van der Waals surface area contributed by atoms with Gasteiger partial charge in [0, 0.05) is 0 Å². The highest BCUT2D eigenvalue weighted by atomic mass is 35.5. The van der Waals surface area contributed by atoms with Crippen LogP contribution in [0.1, 0.15) is 0 Å². The van der Waals surface area contributed by atoms with Gasteiger partial charge in [0.2, 0.25) is 5.91 Å². The number of ether oxygens (including phenoxy) is 1. The third-order valence-corrected chi connectivity index (χ3v) is 6.20. The molecule has 0 bridgehead atoms. The number of methoxy groups -OCH3 is 1. The van der Waals surface area contributed by atoms with Gasteiger partial charge >= 0.3 is 0 Å². The smallest absolute Gasteiger partial charge is 0.266 e. The van der Waals surface area contributed by atoms with Crippen molar-refractivity contribution in [1.82, 2.24) is 9.55 Å². The molecule has 0 aliphatic heterocycles. The molecule has 0 atom stereocenters. The summed E-state index contributed by atoms with van der Waals surface area (Å²) in [5.74, 6) is 0.345. The monoisotopic (exact) mass is 485 g/mol. The number of thioether (sulfide) groups is 1. The normalized spacial score (nSPS) is 10.8. The predicted octanol–water partition coefficient (Wildman–Crippen LogP) is 5.43. The average molecular weight is 486 g/mol. The van der Waals surface area contributed by atoms with Gasteiger partial charge in [-0.05, 0) is 48.5 Å². The minimum atomic E-state index is -0.325. The number of halogens is 2. The largest absolute Gasteiger partial charge is 0.497 e. The van der Waals surface area contributed by atoms with Crippen LogP contribution in [0.5, 0.6) is 5.75 Å². The number of fused-ring (bicyclic) bond motifs is 1. The number of anilines is 1. The minimum absolute atomic E-state index is 0.00247. The number of aromatic nitrogens is 2. The molecule has 0 aliphatic carbocycles. The summed E-state index contributed by atoms with van der Waals surface area (Å²) in [7, 11) is 1.57. The number of carbonyl (C=O) groups excluding carboxylic acids is 1. The quantitative estimate of drug-likeness (QED) is 0.291. The van der Waals surface area contributed by atoms with E-state index in [1.165, 1.54) is 4.57 Å². The molecule has 1 heterocycles. The number of para-hydroxylation sites is 2. The molecule has 4 rings (SSSR count). The molecule has 9 heteroatoms. The molecule has 162 valence electrons. The van der Waals surface area contributed by atoms with E-state index in [0.29, 0.717) is 43.2 Å². The lowest BCUT2D eigenvalue weighted by molar-refractivity contribution is -0.113. The number of hydrogen-bond acceptors (Lipinski definition) is 5. The third-order valence-electron chi connectivity index (χ3n) is 4.64. The van der Waals surface area contributed by atoms with E-state index in [-0.39, 0.29) is 17.2 Å². The van der Waals surface area contributed by atoms with Crippen LogP contribution in [0.2, 0.25) is 10.0 Å². The molecular formula is C23H17Cl2N3O3S. The summed E-state index contributed by atoms with van der Waals surface area (Å²) in [6.45, 7) is 0. The van der Waals surface area contributed by atoms with Crippen molar-refractivity contribution >= 4 is 57.5 Å². The summed E-state index contributed by atoms with van der Waals surface area (Å²) < 4.78 is 6.70. The summed E-state index contributed by atoms with van der Waals surface area (Å²) >= 11 is 13.4. The van der Waals surface area contributed by atoms with Gasteiger partial charge in [-0.3, -0.25) is 14.2 Å². The highest BCUT2D eigenvalue weighted by Crippen LogP contribution is 2.30. The van der Waals surface area contributed by atoms with E-state index in [0.717, 1.165) is 11.8 Å². The summed E-state index contributed by atoms with van der Waals surface area (Å²) in [4.78, 5) is 30.5. The Morgan fingerprint density at radius 3 is 2.41 bits per heavy atom. The van der Waals surface area contributed by atoms with Crippen LogP contribution in [0.4, 0.5) is 5.69 Å². The van der Waals surface area contributed by atoms with Crippen LogP contribution in [0.3, 0.4) is 0 Å². The second kappa shape index (κ2) is 9.65. The fraction of sp³-hybridized carbons (Fsp3) is 0.0870. The van der Waals surface area contributed by atoms with Crippen LogP contribution < -0.4 is 15.6 Å². The first-order chi connectivity index (χ1) is 15.5. The van der Waals surface area contributed by atoms with Crippen LogP contribution in [-0.4, -0.2) is 28.3 Å². The van der Waals surface area contributed by atoms with Crippen LogP contribution in [0.25, 0.3) is 16.6 Å². The number of nitrogens with zero attached hydrogens (tertiary/aromatic N) is 2. The summed E-state index contributed by atoms with van der Waals surface area (Å²) in [6, 6.07) is 19.1. The molecule has 0 unspecified atom stereocenters. The van der Waals surface area contributed by atoms with Crippen molar-refractivity contribution in [3.8, 4) is 11.4 Å². The lowest BCUT2D eigenvalue weighted by Gasteiger charge is -2.14. The number of benzene rings is 3. The Morgan fingerprint density at radius 2 is 1.72 bits per heavy atom. The number of hydrogen-bond donors (Lipinski definition) is 1. The van der Waals surface area contributed by atoms with Gasteiger partial charge in [0.05, 0.1) is 45.2 Å². The molecule has 0 saturated heterocycles. The molecule has 3 aromatic carbocycles. The molecule has 0 fully saturated rings. The number of carbonyl (C=O) groups is 1. The van der Waals surface area contributed by atoms with Crippen LogP contribution in [0, 0.1) is 0 Å². The van der Waals surface area contributed by atoms with Gasteiger partial charge < -0.3 is 10.1 Å². The zero-order valence-electron chi connectivity index (χ0n) is 16.8. The zero-order valence-corrected chi connectivity index (χ0v) is 19.2. The maximum atomic E-state index is 13.3. The van der Waals surface area contributed by atoms with E-state index < -0.39 is 0 Å². The van der Waals surface area contributed by atoms with Crippen LogP contribution >= 0.6 is 35.0 Å². The summed E-state index contributed by atoms with van der Waals surface area (Å²) in [6.07, 6.45) is 0. The Bertz CT molecular complexity index is 1340. The van der Waals surface area contributed by atoms with Crippen molar-refractivity contribution in [1.29, 1.82) is 0 Å². The molecule has 0 spiro atoms. The Morgan fingerprint density at radius 1 is 1.03 bits per heavy atom. The van der Waals surface area contributed by atoms with E-state index >= 15 is 0 Å². The van der Waals surface area contributed by atoms with Crippen molar-refractivity contribution in [2.24, 2.45) is 0 Å². The Balaban J connectivity index is 1.68. The van der Waals surface area contributed by atoms with Gasteiger partial charge in [-0.2, -0.15) is 0 Å². The first-order valence-corrected chi connectivity index (χ1v) is 11.2. The second-order valence-corrected chi connectivity index (χ2v) is 8.44. The molecule has 1 amide bonds. The minimum Gasteiger partial charge on any atom is -0.497 e. The van der Waals surface area contributed by atoms with E-state index in [2.05, 4.69) is 10.3 Å². The molecule has 6 nitrogen and oxygen atoms in total. The Kier molecular flexibility index (Phi) is 6.69. The molecule has 0 aliphatic rings. The van der Waals surface area contributed by atoms with E-state index in [1.54, 1.807) is 67.8 Å². The van der Waals surface area contributed by atoms with Gasteiger partial charge in [-0.25, -0.2) is 4.98 Å². The number of nitrogens with one attached hydrogen (secondary N) is 1. The SMILES string of the molecule is COc1ccc(-n2c(SCC(=O)Nc3c(Cl)cccc3Cl)nc3ccccc3c2=O)cc1. The molecule has 1 aromatic heterocycles. The molecule has 4 aromatic rings. The third kappa shape index (κ3) is 4.60. The van der Waals surface area contributed by atoms with Crippen molar-refractivity contribution in [2.75, 3.05) is 18.2 Å². The van der Waals surface area contributed by atoms with Gasteiger partial charge in [0.1, 0.15) is 5.75 Å². The van der Waals surface area contributed by atoms with Crippen molar-refractivity contribution in [3.63, 3.8) is 0 Å². The van der Waals surface area contributed by atoms with Crippen molar-refractivity contribution in [3.05, 3.63) is 87.1 Å². The molecule has 1 N–H and O–H groups in total. The fourth-order valence-electron chi connectivity index (χ4n) is 3.09. The second-order valence-electron chi connectivity index (χ2n) is 6.68. The lowest BCUT2D eigenvalue weighted by atomic mass is 10.2. The van der Waals surface area contributed by atoms with Crippen LogP contribution in [0.15, 0.2) is 76.7 Å². The predicted molar refractivity (Wildman–Crippen MR) is 130 cm³/mol. The number of rotatable bonds is 6. The summed E-state index contributed by atoms with van der Waals surface area (Å²) in [5, 5.41) is 4.28. The highest BCUT2D eigenvalue weighted by molar-refractivity contribution is 7.99. The zero-order chi connectivity index (χ0) is 22.7. The molecule has 0 radical (unpaired) electrons. The molecular weight excluding hydrogens is 469 g/mol.